The van der Waals surface area contributed by atoms with Gasteiger partial charge in [-0.2, -0.15) is 0 Å². The third-order valence-corrected chi connectivity index (χ3v) is 6.46. The van der Waals surface area contributed by atoms with Gasteiger partial charge in [0.1, 0.15) is 5.75 Å². The molecule has 0 unspecified atom stereocenters. The van der Waals surface area contributed by atoms with Gasteiger partial charge in [0.25, 0.3) is 0 Å². The van der Waals surface area contributed by atoms with E-state index in [1.165, 1.54) is 0 Å². The van der Waals surface area contributed by atoms with Crippen LogP contribution in [0.5, 0.6) is 5.75 Å². The Morgan fingerprint density at radius 1 is 1.00 bits per heavy atom. The molecule has 0 radical (unpaired) electrons. The molecule has 1 aliphatic heterocycles. The number of benzene rings is 2. The van der Waals surface area contributed by atoms with Gasteiger partial charge in [0, 0.05) is 46.7 Å². The number of rotatable bonds is 3. The van der Waals surface area contributed by atoms with E-state index in [2.05, 4.69) is 19.2 Å². The molecule has 0 amide bonds. The van der Waals surface area contributed by atoms with Crippen LogP contribution in [0.4, 0.5) is 0 Å². The smallest absolute Gasteiger partial charge is 0.310 e. The monoisotopic (exact) mass is 427 g/mol. The lowest BCUT2D eigenvalue weighted by molar-refractivity contribution is -0.134. The Labute approximate surface area is 187 Å². The molecule has 1 heterocycles. The van der Waals surface area contributed by atoms with Crippen LogP contribution in [0.1, 0.15) is 67.4 Å². The van der Waals surface area contributed by atoms with Gasteiger partial charge in [0.15, 0.2) is 11.6 Å². The largest absolute Gasteiger partial charge is 0.427 e. The zero-order valence-electron chi connectivity index (χ0n) is 18.5. The highest BCUT2D eigenvalue weighted by atomic mass is 16.5. The van der Waals surface area contributed by atoms with Gasteiger partial charge in [0.2, 0.25) is 0 Å². The Bertz CT molecular complexity index is 1230. The Kier molecular flexibility index (Phi) is 4.66. The van der Waals surface area contributed by atoms with Gasteiger partial charge in [-0.25, -0.2) is 0 Å². The second kappa shape index (κ2) is 7.30. The fraction of sp³-hybridized carbons (Fsp3) is 0.296. The summed E-state index contributed by atoms with van der Waals surface area (Å²) in [6, 6.07) is 14.8. The number of dihydropyridines is 1. The molecule has 0 saturated heterocycles. The summed E-state index contributed by atoms with van der Waals surface area (Å²) in [6.07, 6.45) is 1.48. The van der Waals surface area contributed by atoms with E-state index in [1.807, 2.05) is 36.4 Å². The average molecular weight is 428 g/mol. The molecule has 162 valence electrons. The molecule has 0 spiro atoms. The van der Waals surface area contributed by atoms with Crippen LogP contribution in [0.15, 0.2) is 65.4 Å². The van der Waals surface area contributed by atoms with Crippen molar-refractivity contribution in [3.05, 3.63) is 82.1 Å². The Balaban J connectivity index is 1.64. The van der Waals surface area contributed by atoms with Crippen LogP contribution in [0.25, 0.3) is 5.70 Å². The number of ketones is 2. The van der Waals surface area contributed by atoms with Crippen molar-refractivity contribution in [3.63, 3.8) is 0 Å². The van der Waals surface area contributed by atoms with Crippen molar-refractivity contribution in [2.24, 2.45) is 5.41 Å². The van der Waals surface area contributed by atoms with Gasteiger partial charge in [-0.1, -0.05) is 57.2 Å². The minimum Gasteiger partial charge on any atom is -0.427 e. The molecule has 5 nitrogen and oxygen atoms in total. The van der Waals surface area contributed by atoms with Crippen molar-refractivity contribution in [2.45, 2.75) is 46.0 Å². The highest BCUT2D eigenvalue weighted by Gasteiger charge is 2.46. The normalized spacial score (nSPS) is 21.0. The van der Waals surface area contributed by atoms with Crippen LogP contribution < -0.4 is 10.1 Å². The summed E-state index contributed by atoms with van der Waals surface area (Å²) in [6.45, 7) is 5.94. The molecular weight excluding hydrogens is 402 g/mol. The van der Waals surface area contributed by atoms with Crippen LogP contribution >= 0.6 is 0 Å². The number of carbonyl (C=O) groups is 3. The molecule has 1 atom stereocenters. The molecule has 0 saturated carbocycles. The lowest BCUT2D eigenvalue weighted by atomic mass is 9.68. The molecular formula is C27H25NO4. The molecule has 0 aromatic heterocycles. The lowest BCUT2D eigenvalue weighted by Crippen LogP contribution is -2.37. The first-order chi connectivity index (χ1) is 15.3. The van der Waals surface area contributed by atoms with Gasteiger partial charge in [-0.3, -0.25) is 14.4 Å². The lowest BCUT2D eigenvalue weighted by Gasteiger charge is -2.39. The molecule has 2 aliphatic carbocycles. The summed E-state index contributed by atoms with van der Waals surface area (Å²) in [7, 11) is 0. The third-order valence-electron chi connectivity index (χ3n) is 6.46. The van der Waals surface area contributed by atoms with Crippen molar-refractivity contribution < 1.29 is 19.1 Å². The maximum atomic E-state index is 13.5. The molecule has 3 aliphatic rings. The Morgan fingerprint density at radius 3 is 2.38 bits per heavy atom. The number of Topliss-reactive ketones (excluding diaryl/α,β-unsaturated/α-hetero) is 2. The van der Waals surface area contributed by atoms with E-state index in [-0.39, 0.29) is 23.0 Å². The first kappa shape index (κ1) is 20.4. The van der Waals surface area contributed by atoms with E-state index in [1.54, 1.807) is 19.1 Å². The van der Waals surface area contributed by atoms with Gasteiger partial charge in [-0.05, 0) is 29.5 Å². The molecule has 5 rings (SSSR count). The van der Waals surface area contributed by atoms with E-state index in [9.17, 15) is 14.4 Å². The minimum atomic E-state index is -0.444. The standard InChI is InChI=1S/C27H25NO4/c1-4-21(30)32-16-11-9-15(10-12-16)22-23-19(13-27(2,3)14-20(23)29)28-25-17-7-5-6-8-18(17)26(31)24(22)25/h5-12,22,28H,4,13-14H2,1-3H3/t22-/m0/s1. The van der Waals surface area contributed by atoms with E-state index in [0.717, 1.165) is 28.9 Å². The molecule has 0 fully saturated rings. The second-order valence-corrected chi connectivity index (χ2v) is 9.45. The van der Waals surface area contributed by atoms with E-state index >= 15 is 0 Å². The molecule has 0 bridgehead atoms. The molecule has 2 aromatic rings. The van der Waals surface area contributed by atoms with Crippen molar-refractivity contribution in [1.82, 2.24) is 5.32 Å². The molecule has 32 heavy (non-hydrogen) atoms. The predicted molar refractivity (Wildman–Crippen MR) is 121 cm³/mol. The molecule has 1 N–H and O–H groups in total. The van der Waals surface area contributed by atoms with Crippen LogP contribution in [0.2, 0.25) is 0 Å². The number of esters is 1. The first-order valence-electron chi connectivity index (χ1n) is 11.0. The van der Waals surface area contributed by atoms with Crippen LogP contribution in [0.3, 0.4) is 0 Å². The summed E-state index contributed by atoms with van der Waals surface area (Å²) < 4.78 is 5.31. The molecule has 2 aromatic carbocycles. The topological polar surface area (TPSA) is 72.5 Å². The summed E-state index contributed by atoms with van der Waals surface area (Å²) >= 11 is 0. The fourth-order valence-corrected chi connectivity index (χ4v) is 5.05. The Morgan fingerprint density at radius 2 is 1.69 bits per heavy atom. The fourth-order valence-electron chi connectivity index (χ4n) is 5.05. The quantitative estimate of drug-likeness (QED) is 0.555. The SMILES string of the molecule is CCC(=O)Oc1ccc([C@H]2C3=C(CC(C)(C)CC3=O)NC3=C2C(=O)c2ccccc23)cc1. The number of carbonyl (C=O) groups excluding carboxylic acids is 3. The van der Waals surface area contributed by atoms with Gasteiger partial charge in [0.05, 0.1) is 5.70 Å². The zero-order chi connectivity index (χ0) is 22.6. The Hall–Kier alpha value is -3.47. The average Bonchev–Trinajstić information content (AvgIpc) is 3.04. The maximum absolute atomic E-state index is 13.5. The minimum absolute atomic E-state index is 0.0428. The van der Waals surface area contributed by atoms with E-state index in [0.29, 0.717) is 35.3 Å². The number of allylic oxidation sites excluding steroid dienone is 3. The van der Waals surface area contributed by atoms with Gasteiger partial charge < -0.3 is 10.1 Å². The van der Waals surface area contributed by atoms with Gasteiger partial charge in [-0.15, -0.1) is 0 Å². The summed E-state index contributed by atoms with van der Waals surface area (Å²) in [4.78, 5) is 38.5. The maximum Gasteiger partial charge on any atom is 0.310 e. The number of hydrogen-bond acceptors (Lipinski definition) is 5. The zero-order valence-corrected chi connectivity index (χ0v) is 18.5. The van der Waals surface area contributed by atoms with Crippen molar-refractivity contribution in [1.29, 1.82) is 0 Å². The number of fused-ring (bicyclic) bond motifs is 2. The second-order valence-electron chi connectivity index (χ2n) is 9.45. The number of nitrogens with one attached hydrogen (secondary N) is 1. The summed E-state index contributed by atoms with van der Waals surface area (Å²) in [5, 5.41) is 3.48. The van der Waals surface area contributed by atoms with Crippen LogP contribution in [-0.2, 0) is 9.59 Å². The van der Waals surface area contributed by atoms with E-state index in [4.69, 9.17) is 4.74 Å². The number of hydrogen-bond donors (Lipinski definition) is 1. The third kappa shape index (κ3) is 3.20. The number of ether oxygens (including phenoxy) is 1. The summed E-state index contributed by atoms with van der Waals surface area (Å²) in [5.74, 6) is -0.263. The predicted octanol–water partition coefficient (Wildman–Crippen LogP) is 4.94. The van der Waals surface area contributed by atoms with Crippen molar-refractivity contribution in [3.8, 4) is 5.75 Å². The summed E-state index contributed by atoms with van der Waals surface area (Å²) in [5.41, 5.74) is 5.26. The van der Waals surface area contributed by atoms with Crippen molar-refractivity contribution >= 4 is 23.2 Å². The highest BCUT2D eigenvalue weighted by Crippen LogP contribution is 2.51. The first-order valence-corrected chi connectivity index (χ1v) is 11.0. The van der Waals surface area contributed by atoms with Crippen molar-refractivity contribution in [2.75, 3.05) is 0 Å². The van der Waals surface area contributed by atoms with Crippen LogP contribution in [0, 0.1) is 5.41 Å². The highest BCUT2D eigenvalue weighted by molar-refractivity contribution is 6.23. The van der Waals surface area contributed by atoms with Crippen LogP contribution in [-0.4, -0.2) is 17.5 Å². The van der Waals surface area contributed by atoms with Gasteiger partial charge >= 0.3 is 5.97 Å². The molecule has 5 heteroatoms. The van der Waals surface area contributed by atoms with E-state index < -0.39 is 5.92 Å².